The predicted octanol–water partition coefficient (Wildman–Crippen LogP) is 5.31. The van der Waals surface area contributed by atoms with Crippen molar-refractivity contribution in [3.63, 3.8) is 0 Å². The van der Waals surface area contributed by atoms with E-state index in [9.17, 15) is 0 Å². The Kier molecular flexibility index (Phi) is 4.96. The SMILES string of the molecule is CC.Cc1ccc(-c2cc(C)cc(C)c2)cc1. The smallest absolute Gasteiger partial charge is 0.0179 e. The molecule has 0 bridgehead atoms. The molecule has 0 radical (unpaired) electrons. The summed E-state index contributed by atoms with van der Waals surface area (Å²) in [5, 5.41) is 0. The molecule has 0 aromatic heterocycles. The maximum Gasteiger partial charge on any atom is -0.0179 e. The molecule has 0 heterocycles. The summed E-state index contributed by atoms with van der Waals surface area (Å²) in [7, 11) is 0. The molecule has 0 nitrogen and oxygen atoms in total. The van der Waals surface area contributed by atoms with E-state index in [-0.39, 0.29) is 0 Å². The van der Waals surface area contributed by atoms with Gasteiger partial charge in [-0.2, -0.15) is 0 Å². The summed E-state index contributed by atoms with van der Waals surface area (Å²) in [5.41, 5.74) is 6.57. The lowest BCUT2D eigenvalue weighted by Crippen LogP contribution is -1.82. The molecule has 2 rings (SSSR count). The van der Waals surface area contributed by atoms with Crippen molar-refractivity contribution < 1.29 is 0 Å². The van der Waals surface area contributed by atoms with Gasteiger partial charge < -0.3 is 0 Å². The normalized spacial score (nSPS) is 9.47. The minimum absolute atomic E-state index is 1.30. The molecule has 0 N–H and O–H groups in total. The van der Waals surface area contributed by atoms with E-state index >= 15 is 0 Å². The average Bonchev–Trinajstić information content (AvgIpc) is 2.31. The highest BCUT2D eigenvalue weighted by Gasteiger charge is 1.98. The van der Waals surface area contributed by atoms with E-state index in [4.69, 9.17) is 0 Å². The molecule has 17 heavy (non-hydrogen) atoms. The van der Waals surface area contributed by atoms with Gasteiger partial charge >= 0.3 is 0 Å². The third-order valence-electron chi connectivity index (χ3n) is 2.61. The summed E-state index contributed by atoms with van der Waals surface area (Å²) >= 11 is 0. The first-order chi connectivity index (χ1) is 8.15. The Bertz CT molecular complexity index is 444. The van der Waals surface area contributed by atoms with Crippen LogP contribution in [0.25, 0.3) is 11.1 Å². The second kappa shape index (κ2) is 6.24. The molecule has 0 aliphatic heterocycles. The summed E-state index contributed by atoms with van der Waals surface area (Å²) < 4.78 is 0. The van der Waals surface area contributed by atoms with Gasteiger partial charge in [-0.05, 0) is 31.9 Å². The number of hydrogen-bond acceptors (Lipinski definition) is 0. The lowest BCUT2D eigenvalue weighted by molar-refractivity contribution is 1.38. The first-order valence-corrected chi connectivity index (χ1v) is 6.30. The van der Waals surface area contributed by atoms with Crippen molar-refractivity contribution in [2.24, 2.45) is 0 Å². The van der Waals surface area contributed by atoms with E-state index in [0.29, 0.717) is 0 Å². The van der Waals surface area contributed by atoms with Gasteiger partial charge in [0.25, 0.3) is 0 Å². The molecule has 0 saturated heterocycles. The minimum atomic E-state index is 1.30. The van der Waals surface area contributed by atoms with E-state index in [0.717, 1.165) is 0 Å². The molecular weight excluding hydrogens is 204 g/mol. The van der Waals surface area contributed by atoms with Gasteiger partial charge in [-0.3, -0.25) is 0 Å². The van der Waals surface area contributed by atoms with E-state index in [1.54, 1.807) is 0 Å². The van der Waals surface area contributed by atoms with Gasteiger partial charge in [0.1, 0.15) is 0 Å². The molecular formula is C17H22. The molecule has 0 fully saturated rings. The second-order valence-corrected chi connectivity index (χ2v) is 4.24. The lowest BCUT2D eigenvalue weighted by atomic mass is 10.00. The zero-order valence-electron chi connectivity index (χ0n) is 11.5. The summed E-state index contributed by atoms with van der Waals surface area (Å²) in [6, 6.07) is 15.4. The quantitative estimate of drug-likeness (QED) is 0.618. The topological polar surface area (TPSA) is 0 Å². The summed E-state index contributed by atoms with van der Waals surface area (Å²) in [6.07, 6.45) is 0. The Balaban J connectivity index is 0.000000686. The number of aryl methyl sites for hydroxylation is 3. The molecule has 2 aromatic carbocycles. The molecule has 0 aliphatic carbocycles. The van der Waals surface area contributed by atoms with Crippen LogP contribution in [0, 0.1) is 20.8 Å². The highest BCUT2D eigenvalue weighted by molar-refractivity contribution is 5.65. The number of rotatable bonds is 1. The molecule has 90 valence electrons. The molecule has 0 unspecified atom stereocenters. The molecule has 0 aliphatic rings. The molecule has 0 heteroatoms. The van der Waals surface area contributed by atoms with Crippen molar-refractivity contribution in [2.75, 3.05) is 0 Å². The highest BCUT2D eigenvalue weighted by atomic mass is 14.0. The van der Waals surface area contributed by atoms with Crippen LogP contribution in [0.4, 0.5) is 0 Å². The second-order valence-electron chi connectivity index (χ2n) is 4.24. The van der Waals surface area contributed by atoms with Crippen molar-refractivity contribution in [2.45, 2.75) is 34.6 Å². The lowest BCUT2D eigenvalue weighted by Gasteiger charge is -2.05. The summed E-state index contributed by atoms with van der Waals surface area (Å²) in [4.78, 5) is 0. The fourth-order valence-electron chi connectivity index (χ4n) is 1.89. The standard InChI is InChI=1S/C15H16.C2H6/c1-11-4-6-14(7-5-11)15-9-12(2)8-13(3)10-15;1-2/h4-10H,1-3H3;1-2H3. The Hall–Kier alpha value is -1.56. The monoisotopic (exact) mass is 226 g/mol. The number of benzene rings is 2. The molecule has 2 aromatic rings. The summed E-state index contributed by atoms with van der Waals surface area (Å²) in [5.74, 6) is 0. The van der Waals surface area contributed by atoms with Gasteiger partial charge in [0.2, 0.25) is 0 Å². The third kappa shape index (κ3) is 3.74. The van der Waals surface area contributed by atoms with E-state index in [2.05, 4.69) is 63.2 Å². The highest BCUT2D eigenvalue weighted by Crippen LogP contribution is 2.22. The fourth-order valence-corrected chi connectivity index (χ4v) is 1.89. The van der Waals surface area contributed by atoms with Crippen LogP contribution >= 0.6 is 0 Å². The van der Waals surface area contributed by atoms with E-state index < -0.39 is 0 Å². The molecule has 0 spiro atoms. The molecule has 0 amide bonds. The Labute approximate surface area is 105 Å². The predicted molar refractivity (Wildman–Crippen MR) is 77.4 cm³/mol. The van der Waals surface area contributed by atoms with Crippen LogP contribution in [0.3, 0.4) is 0 Å². The minimum Gasteiger partial charge on any atom is -0.0683 e. The maximum absolute atomic E-state index is 2.23. The van der Waals surface area contributed by atoms with Crippen molar-refractivity contribution >= 4 is 0 Å². The van der Waals surface area contributed by atoms with Gasteiger partial charge in [-0.15, -0.1) is 0 Å². The largest absolute Gasteiger partial charge is 0.0683 e. The van der Waals surface area contributed by atoms with Crippen molar-refractivity contribution in [3.8, 4) is 11.1 Å². The Morgan fingerprint density at radius 1 is 0.529 bits per heavy atom. The van der Waals surface area contributed by atoms with Gasteiger partial charge in [0, 0.05) is 0 Å². The first kappa shape index (κ1) is 13.5. The first-order valence-electron chi connectivity index (χ1n) is 6.30. The van der Waals surface area contributed by atoms with E-state index in [1.165, 1.54) is 27.8 Å². The summed E-state index contributed by atoms with van der Waals surface area (Å²) in [6.45, 7) is 10.4. The van der Waals surface area contributed by atoms with Crippen molar-refractivity contribution in [1.29, 1.82) is 0 Å². The molecule has 0 atom stereocenters. The van der Waals surface area contributed by atoms with Crippen LogP contribution < -0.4 is 0 Å². The Morgan fingerprint density at radius 3 is 1.47 bits per heavy atom. The zero-order valence-corrected chi connectivity index (χ0v) is 11.5. The van der Waals surface area contributed by atoms with E-state index in [1.807, 2.05) is 13.8 Å². The Morgan fingerprint density at radius 2 is 1.00 bits per heavy atom. The van der Waals surface area contributed by atoms with Crippen LogP contribution in [-0.2, 0) is 0 Å². The van der Waals surface area contributed by atoms with Crippen LogP contribution in [-0.4, -0.2) is 0 Å². The van der Waals surface area contributed by atoms with Crippen LogP contribution in [0.2, 0.25) is 0 Å². The third-order valence-corrected chi connectivity index (χ3v) is 2.61. The van der Waals surface area contributed by atoms with Gasteiger partial charge in [-0.25, -0.2) is 0 Å². The van der Waals surface area contributed by atoms with Gasteiger partial charge in [0.15, 0.2) is 0 Å². The van der Waals surface area contributed by atoms with Crippen LogP contribution in [0.1, 0.15) is 30.5 Å². The van der Waals surface area contributed by atoms with Crippen LogP contribution in [0.15, 0.2) is 42.5 Å². The van der Waals surface area contributed by atoms with Crippen molar-refractivity contribution in [3.05, 3.63) is 59.2 Å². The number of hydrogen-bond donors (Lipinski definition) is 0. The van der Waals surface area contributed by atoms with Crippen LogP contribution in [0.5, 0.6) is 0 Å². The molecule has 0 saturated carbocycles. The average molecular weight is 226 g/mol. The fraction of sp³-hybridized carbons (Fsp3) is 0.294. The van der Waals surface area contributed by atoms with Gasteiger partial charge in [0.05, 0.1) is 0 Å². The van der Waals surface area contributed by atoms with Crippen molar-refractivity contribution in [1.82, 2.24) is 0 Å². The van der Waals surface area contributed by atoms with Gasteiger partial charge in [-0.1, -0.05) is 73.0 Å². The zero-order chi connectivity index (χ0) is 12.8. The maximum atomic E-state index is 2.23.